The molecular weight excluding hydrogens is 190 g/mol. The lowest BCUT2D eigenvalue weighted by Gasteiger charge is -2.24. The highest BCUT2D eigenvalue weighted by atomic mass is 16.5. The van der Waals surface area contributed by atoms with Crippen molar-refractivity contribution in [1.82, 2.24) is 5.32 Å². The van der Waals surface area contributed by atoms with Gasteiger partial charge in [-0.3, -0.25) is 4.79 Å². The first-order valence-corrected chi connectivity index (χ1v) is 5.96. The maximum atomic E-state index is 11.6. The Balaban J connectivity index is 2.18. The van der Waals surface area contributed by atoms with E-state index in [1.54, 1.807) is 0 Å². The molecule has 0 radical (unpaired) electrons. The fourth-order valence-electron chi connectivity index (χ4n) is 1.69. The summed E-state index contributed by atoms with van der Waals surface area (Å²) in [7, 11) is 0. The molecule has 3 nitrogen and oxygen atoms in total. The lowest BCUT2D eigenvalue weighted by Crippen LogP contribution is -2.42. The third-order valence-corrected chi connectivity index (χ3v) is 3.08. The van der Waals surface area contributed by atoms with Crippen molar-refractivity contribution in [3.8, 4) is 0 Å². The van der Waals surface area contributed by atoms with E-state index in [1.165, 1.54) is 0 Å². The van der Waals surface area contributed by atoms with Crippen molar-refractivity contribution in [2.24, 2.45) is 0 Å². The number of carbonyl (C=O) groups is 1. The fraction of sp³-hybridized carbons (Fsp3) is 0.917. The Bertz CT molecular complexity index is 208. The molecule has 0 spiro atoms. The van der Waals surface area contributed by atoms with Crippen molar-refractivity contribution in [3.05, 3.63) is 0 Å². The predicted octanol–water partition coefficient (Wildman–Crippen LogP) is 2.25. The van der Waals surface area contributed by atoms with Gasteiger partial charge in [0, 0.05) is 18.6 Å². The minimum atomic E-state index is -0.0758. The Kier molecular flexibility index (Phi) is 4.58. The van der Waals surface area contributed by atoms with Crippen LogP contribution in [0.1, 0.15) is 52.9 Å². The maximum Gasteiger partial charge on any atom is 0.220 e. The number of rotatable bonds is 5. The molecule has 1 N–H and O–H groups in total. The Morgan fingerprint density at radius 3 is 2.80 bits per heavy atom. The van der Waals surface area contributed by atoms with Gasteiger partial charge in [-0.15, -0.1) is 0 Å². The van der Waals surface area contributed by atoms with Crippen LogP contribution < -0.4 is 5.32 Å². The van der Waals surface area contributed by atoms with Gasteiger partial charge in [0.1, 0.15) is 0 Å². The zero-order chi connectivity index (χ0) is 11.3. The molecule has 1 rings (SSSR count). The second-order valence-corrected chi connectivity index (χ2v) is 4.96. The van der Waals surface area contributed by atoms with Crippen LogP contribution in [0.25, 0.3) is 0 Å². The number of hydrogen-bond acceptors (Lipinski definition) is 2. The van der Waals surface area contributed by atoms with Crippen LogP contribution in [0.5, 0.6) is 0 Å². The van der Waals surface area contributed by atoms with E-state index in [2.05, 4.69) is 26.1 Å². The molecule has 15 heavy (non-hydrogen) atoms. The van der Waals surface area contributed by atoms with Crippen molar-refractivity contribution >= 4 is 5.91 Å². The summed E-state index contributed by atoms with van der Waals surface area (Å²) >= 11 is 0. The zero-order valence-electron chi connectivity index (χ0n) is 10.1. The van der Waals surface area contributed by atoms with Crippen LogP contribution in [0.2, 0.25) is 0 Å². The monoisotopic (exact) mass is 213 g/mol. The summed E-state index contributed by atoms with van der Waals surface area (Å²) in [4.78, 5) is 11.6. The van der Waals surface area contributed by atoms with Gasteiger partial charge in [-0.1, -0.05) is 6.92 Å². The molecule has 1 saturated heterocycles. The molecule has 1 aliphatic heterocycles. The molecule has 0 bridgehead atoms. The first-order valence-electron chi connectivity index (χ1n) is 5.96. The summed E-state index contributed by atoms with van der Waals surface area (Å²) in [5, 5.41) is 3.04. The van der Waals surface area contributed by atoms with Gasteiger partial charge in [-0.2, -0.15) is 0 Å². The molecule has 1 aliphatic rings. The van der Waals surface area contributed by atoms with Crippen molar-refractivity contribution in [1.29, 1.82) is 0 Å². The van der Waals surface area contributed by atoms with Crippen LogP contribution in [-0.2, 0) is 9.53 Å². The molecule has 0 aromatic heterocycles. The molecule has 3 heteroatoms. The highest BCUT2D eigenvalue weighted by molar-refractivity contribution is 5.76. The first-order chi connectivity index (χ1) is 7.03. The fourth-order valence-corrected chi connectivity index (χ4v) is 1.69. The predicted molar refractivity (Wildman–Crippen MR) is 60.7 cm³/mol. The number of ether oxygens (including phenoxy) is 1. The van der Waals surface area contributed by atoms with Gasteiger partial charge in [0.05, 0.1) is 6.10 Å². The molecule has 0 aromatic carbocycles. The Morgan fingerprint density at radius 2 is 2.27 bits per heavy atom. The van der Waals surface area contributed by atoms with Crippen molar-refractivity contribution < 1.29 is 9.53 Å². The van der Waals surface area contributed by atoms with Gasteiger partial charge in [-0.25, -0.2) is 0 Å². The zero-order valence-corrected chi connectivity index (χ0v) is 10.1. The van der Waals surface area contributed by atoms with Crippen molar-refractivity contribution in [2.75, 3.05) is 6.61 Å². The molecule has 0 aliphatic carbocycles. The minimum absolute atomic E-state index is 0.0758. The SMILES string of the molecule is CCC(C)(C)NC(=O)CC[C@@H]1CCCO1. The highest BCUT2D eigenvalue weighted by Crippen LogP contribution is 2.17. The van der Waals surface area contributed by atoms with E-state index >= 15 is 0 Å². The van der Waals surface area contributed by atoms with E-state index in [0.717, 1.165) is 32.3 Å². The minimum Gasteiger partial charge on any atom is -0.378 e. The van der Waals surface area contributed by atoms with Gasteiger partial charge in [0.25, 0.3) is 0 Å². The van der Waals surface area contributed by atoms with E-state index in [4.69, 9.17) is 4.74 Å². The van der Waals surface area contributed by atoms with Gasteiger partial charge in [0.2, 0.25) is 5.91 Å². The second-order valence-electron chi connectivity index (χ2n) is 4.96. The number of amides is 1. The van der Waals surface area contributed by atoms with E-state index in [9.17, 15) is 4.79 Å². The average Bonchev–Trinajstić information content (AvgIpc) is 2.66. The van der Waals surface area contributed by atoms with E-state index in [-0.39, 0.29) is 11.4 Å². The van der Waals surface area contributed by atoms with Gasteiger partial charge in [-0.05, 0) is 39.5 Å². The van der Waals surface area contributed by atoms with Crippen LogP contribution >= 0.6 is 0 Å². The van der Waals surface area contributed by atoms with Crippen LogP contribution in [-0.4, -0.2) is 24.2 Å². The summed E-state index contributed by atoms with van der Waals surface area (Å²) in [5.41, 5.74) is -0.0758. The molecule has 1 atom stereocenters. The summed E-state index contributed by atoms with van der Waals surface area (Å²) in [6.45, 7) is 7.06. The van der Waals surface area contributed by atoms with Crippen LogP contribution in [0, 0.1) is 0 Å². The molecule has 0 aromatic rings. The van der Waals surface area contributed by atoms with Crippen LogP contribution in [0.4, 0.5) is 0 Å². The average molecular weight is 213 g/mol. The number of hydrogen-bond donors (Lipinski definition) is 1. The van der Waals surface area contributed by atoms with Gasteiger partial charge >= 0.3 is 0 Å². The smallest absolute Gasteiger partial charge is 0.220 e. The number of carbonyl (C=O) groups excluding carboxylic acids is 1. The van der Waals surface area contributed by atoms with Crippen LogP contribution in [0.15, 0.2) is 0 Å². The summed E-state index contributed by atoms with van der Waals surface area (Å²) in [6, 6.07) is 0. The quantitative estimate of drug-likeness (QED) is 0.760. The third kappa shape index (κ3) is 4.65. The van der Waals surface area contributed by atoms with Gasteiger partial charge < -0.3 is 10.1 Å². The summed E-state index contributed by atoms with van der Waals surface area (Å²) in [5.74, 6) is 0.150. The lowest BCUT2D eigenvalue weighted by molar-refractivity contribution is -0.123. The van der Waals surface area contributed by atoms with Crippen LogP contribution in [0.3, 0.4) is 0 Å². The Labute approximate surface area is 92.6 Å². The molecule has 88 valence electrons. The van der Waals surface area contributed by atoms with Gasteiger partial charge in [0.15, 0.2) is 0 Å². The maximum absolute atomic E-state index is 11.6. The van der Waals surface area contributed by atoms with Crippen molar-refractivity contribution in [2.45, 2.75) is 64.5 Å². The van der Waals surface area contributed by atoms with E-state index < -0.39 is 0 Å². The first kappa shape index (κ1) is 12.5. The Morgan fingerprint density at radius 1 is 1.53 bits per heavy atom. The highest BCUT2D eigenvalue weighted by Gasteiger charge is 2.20. The normalized spacial score (nSPS) is 21.7. The molecule has 1 fully saturated rings. The summed E-state index contributed by atoms with van der Waals surface area (Å²) < 4.78 is 5.48. The standard InChI is InChI=1S/C12H23NO2/c1-4-12(2,3)13-11(14)8-7-10-6-5-9-15-10/h10H,4-9H2,1-3H3,(H,13,14)/t10-/m0/s1. The molecule has 0 unspecified atom stereocenters. The summed E-state index contributed by atoms with van der Waals surface area (Å²) in [6.07, 6.45) is 5.00. The molecule has 1 amide bonds. The van der Waals surface area contributed by atoms with E-state index in [0.29, 0.717) is 12.5 Å². The van der Waals surface area contributed by atoms with Crippen molar-refractivity contribution in [3.63, 3.8) is 0 Å². The Hall–Kier alpha value is -0.570. The molecular formula is C12H23NO2. The lowest BCUT2D eigenvalue weighted by atomic mass is 10.0. The molecule has 1 heterocycles. The van der Waals surface area contributed by atoms with E-state index in [1.807, 2.05) is 0 Å². The number of nitrogens with one attached hydrogen (secondary N) is 1. The second kappa shape index (κ2) is 5.50. The molecule has 0 saturated carbocycles. The third-order valence-electron chi connectivity index (χ3n) is 3.08. The largest absolute Gasteiger partial charge is 0.378 e. The topological polar surface area (TPSA) is 38.3 Å².